The number of benzene rings is 6. The molecule has 0 amide bonds. The molecule has 3 nitrogen and oxygen atoms in total. The molecule has 0 bridgehead atoms. The highest BCUT2D eigenvalue weighted by molar-refractivity contribution is 7.22. The third kappa shape index (κ3) is 3.35. The van der Waals surface area contributed by atoms with Crippen LogP contribution in [-0.4, -0.2) is 9.55 Å². The van der Waals surface area contributed by atoms with Gasteiger partial charge >= 0.3 is 0 Å². The molecular weight excluding hydrogens is 520 g/mol. The van der Waals surface area contributed by atoms with E-state index < -0.39 is 0 Å². The number of nitrogens with zero attached hydrogens (tertiary/aromatic N) is 2. The summed E-state index contributed by atoms with van der Waals surface area (Å²) in [5.74, 6) is 0. The van der Waals surface area contributed by atoms with Crippen molar-refractivity contribution in [3.63, 3.8) is 0 Å². The minimum Gasteiger partial charge on any atom is -0.455 e. The monoisotopic (exact) mass is 542 g/mol. The zero-order valence-electron chi connectivity index (χ0n) is 21.9. The van der Waals surface area contributed by atoms with Gasteiger partial charge in [0.15, 0.2) is 0 Å². The molecule has 0 spiro atoms. The Labute approximate surface area is 239 Å². The van der Waals surface area contributed by atoms with Crippen LogP contribution in [0.4, 0.5) is 0 Å². The van der Waals surface area contributed by atoms with Gasteiger partial charge in [0.25, 0.3) is 0 Å². The standard InChI is InChI=1S/C37H22N2OS/c1-2-10-23(11-3-1)29-22-30-36(34-28-14-6-9-17-33(28)40-35(29)34)41-37(38-30)24-18-20-25(21-19-24)39-31-15-7-4-12-26(31)27-13-5-8-16-32(27)39/h1-22H. The van der Waals surface area contributed by atoms with Crippen molar-refractivity contribution < 1.29 is 4.42 Å². The van der Waals surface area contributed by atoms with Gasteiger partial charge in [-0.15, -0.1) is 11.3 Å². The summed E-state index contributed by atoms with van der Waals surface area (Å²) in [5.41, 5.74) is 9.69. The highest BCUT2D eigenvalue weighted by Gasteiger charge is 2.20. The molecule has 9 rings (SSSR count). The Balaban J connectivity index is 1.23. The largest absolute Gasteiger partial charge is 0.455 e. The number of para-hydroxylation sites is 3. The summed E-state index contributed by atoms with van der Waals surface area (Å²) < 4.78 is 9.97. The van der Waals surface area contributed by atoms with Gasteiger partial charge in [-0.2, -0.15) is 0 Å². The van der Waals surface area contributed by atoms with Crippen LogP contribution in [0.2, 0.25) is 0 Å². The van der Waals surface area contributed by atoms with E-state index in [9.17, 15) is 0 Å². The van der Waals surface area contributed by atoms with Crippen molar-refractivity contribution in [2.24, 2.45) is 0 Å². The maximum absolute atomic E-state index is 6.46. The van der Waals surface area contributed by atoms with E-state index in [-0.39, 0.29) is 0 Å². The fourth-order valence-corrected chi connectivity index (χ4v) is 7.29. The van der Waals surface area contributed by atoms with E-state index in [2.05, 4.69) is 120 Å². The van der Waals surface area contributed by atoms with Gasteiger partial charge in [-0.1, -0.05) is 84.9 Å². The Morgan fingerprint density at radius 1 is 0.585 bits per heavy atom. The van der Waals surface area contributed by atoms with E-state index in [4.69, 9.17) is 9.40 Å². The summed E-state index contributed by atoms with van der Waals surface area (Å²) in [7, 11) is 0. The number of hydrogen-bond acceptors (Lipinski definition) is 3. The lowest BCUT2D eigenvalue weighted by atomic mass is 10.0. The number of fused-ring (bicyclic) bond motifs is 8. The quantitative estimate of drug-likeness (QED) is 0.222. The van der Waals surface area contributed by atoms with E-state index in [0.717, 1.165) is 59.5 Å². The third-order valence-corrected chi connectivity index (χ3v) is 9.18. The minimum absolute atomic E-state index is 0.901. The lowest BCUT2D eigenvalue weighted by molar-refractivity contribution is 0.670. The average Bonchev–Trinajstić information content (AvgIpc) is 3.73. The van der Waals surface area contributed by atoms with Crippen molar-refractivity contribution in [3.05, 3.63) is 133 Å². The number of furan rings is 1. The molecule has 0 aliphatic heterocycles. The second kappa shape index (κ2) is 8.65. The van der Waals surface area contributed by atoms with Crippen LogP contribution in [0.25, 0.3) is 81.3 Å². The summed E-state index contributed by atoms with van der Waals surface area (Å²) in [5, 5.41) is 5.81. The zero-order valence-corrected chi connectivity index (χ0v) is 22.7. The fourth-order valence-electron chi connectivity index (χ4n) is 6.18. The maximum atomic E-state index is 6.46. The first-order chi connectivity index (χ1) is 20.3. The summed E-state index contributed by atoms with van der Waals surface area (Å²) in [6, 6.07) is 47.0. The molecule has 9 aromatic rings. The van der Waals surface area contributed by atoms with E-state index in [1.165, 1.54) is 21.8 Å². The molecule has 6 aromatic carbocycles. The maximum Gasteiger partial charge on any atom is 0.144 e. The Morgan fingerprint density at radius 3 is 1.95 bits per heavy atom. The molecule has 0 saturated carbocycles. The van der Waals surface area contributed by atoms with Gasteiger partial charge in [0.1, 0.15) is 16.2 Å². The highest BCUT2D eigenvalue weighted by atomic mass is 32.1. The summed E-state index contributed by atoms with van der Waals surface area (Å²) in [6.45, 7) is 0. The second-order valence-corrected chi connectivity index (χ2v) is 11.4. The van der Waals surface area contributed by atoms with Gasteiger partial charge in [0.05, 0.1) is 21.3 Å². The highest BCUT2D eigenvalue weighted by Crippen LogP contribution is 2.44. The molecular formula is C37H22N2OS. The topological polar surface area (TPSA) is 31.0 Å². The predicted molar refractivity (Wildman–Crippen MR) is 172 cm³/mol. The number of aromatic nitrogens is 2. The van der Waals surface area contributed by atoms with Gasteiger partial charge in [-0.25, -0.2) is 4.98 Å². The van der Waals surface area contributed by atoms with Gasteiger partial charge < -0.3 is 8.98 Å². The molecule has 0 N–H and O–H groups in total. The molecule has 3 aromatic heterocycles. The van der Waals surface area contributed by atoms with Crippen LogP contribution in [-0.2, 0) is 0 Å². The first kappa shape index (κ1) is 22.6. The average molecular weight is 543 g/mol. The van der Waals surface area contributed by atoms with E-state index in [0.29, 0.717) is 0 Å². The van der Waals surface area contributed by atoms with Crippen LogP contribution in [0.3, 0.4) is 0 Å². The van der Waals surface area contributed by atoms with Crippen LogP contribution >= 0.6 is 11.3 Å². The number of rotatable bonds is 3. The molecule has 0 aliphatic carbocycles. The minimum atomic E-state index is 0.901. The molecule has 3 heterocycles. The van der Waals surface area contributed by atoms with E-state index >= 15 is 0 Å². The van der Waals surface area contributed by atoms with Crippen molar-refractivity contribution in [3.8, 4) is 27.4 Å². The van der Waals surface area contributed by atoms with E-state index in [1.807, 2.05) is 18.2 Å². The normalized spacial score (nSPS) is 11.9. The first-order valence-corrected chi connectivity index (χ1v) is 14.5. The molecule has 192 valence electrons. The van der Waals surface area contributed by atoms with Gasteiger partial charge in [0.2, 0.25) is 0 Å². The number of thiazole rings is 1. The van der Waals surface area contributed by atoms with Crippen molar-refractivity contribution in [2.75, 3.05) is 0 Å². The molecule has 41 heavy (non-hydrogen) atoms. The predicted octanol–water partition coefficient (Wildman–Crippen LogP) is 10.6. The third-order valence-electron chi connectivity index (χ3n) is 8.04. The van der Waals surface area contributed by atoms with E-state index in [1.54, 1.807) is 11.3 Å². The van der Waals surface area contributed by atoms with Crippen LogP contribution < -0.4 is 0 Å². The van der Waals surface area contributed by atoms with Crippen molar-refractivity contribution in [1.82, 2.24) is 9.55 Å². The summed E-state index contributed by atoms with van der Waals surface area (Å²) in [6.07, 6.45) is 0. The van der Waals surface area contributed by atoms with Crippen LogP contribution in [0, 0.1) is 0 Å². The molecule has 0 fully saturated rings. The Bertz CT molecular complexity index is 2360. The van der Waals surface area contributed by atoms with Crippen LogP contribution in [0.5, 0.6) is 0 Å². The number of hydrogen-bond donors (Lipinski definition) is 0. The van der Waals surface area contributed by atoms with Gasteiger partial charge in [0, 0.05) is 38.4 Å². The molecule has 0 unspecified atom stereocenters. The van der Waals surface area contributed by atoms with Crippen LogP contribution in [0.1, 0.15) is 0 Å². The lowest BCUT2D eigenvalue weighted by Gasteiger charge is -2.08. The van der Waals surface area contributed by atoms with Crippen LogP contribution in [0.15, 0.2) is 138 Å². The first-order valence-electron chi connectivity index (χ1n) is 13.7. The van der Waals surface area contributed by atoms with Crippen molar-refractivity contribution in [2.45, 2.75) is 0 Å². The Kier molecular flexibility index (Phi) is 4.77. The second-order valence-electron chi connectivity index (χ2n) is 10.4. The molecule has 0 atom stereocenters. The van der Waals surface area contributed by atoms with Gasteiger partial charge in [-0.3, -0.25) is 0 Å². The lowest BCUT2D eigenvalue weighted by Crippen LogP contribution is -1.93. The fraction of sp³-hybridized carbons (Fsp3) is 0. The summed E-state index contributed by atoms with van der Waals surface area (Å²) >= 11 is 1.73. The smallest absolute Gasteiger partial charge is 0.144 e. The van der Waals surface area contributed by atoms with Crippen molar-refractivity contribution in [1.29, 1.82) is 0 Å². The molecule has 4 heteroatoms. The SMILES string of the molecule is c1ccc(-c2cc3nc(-c4ccc(-n5c6ccccc6c6ccccc65)cc4)sc3c3c2oc2ccccc23)cc1. The molecule has 0 radical (unpaired) electrons. The summed E-state index contributed by atoms with van der Waals surface area (Å²) in [4.78, 5) is 5.17. The zero-order chi connectivity index (χ0) is 26.9. The Morgan fingerprint density at radius 2 is 1.22 bits per heavy atom. The Hall–Kier alpha value is -5.19. The molecule has 0 saturated heterocycles. The van der Waals surface area contributed by atoms with Gasteiger partial charge in [-0.05, 0) is 54.1 Å². The molecule has 0 aliphatic rings. The van der Waals surface area contributed by atoms with Crippen molar-refractivity contribution >= 4 is 65.3 Å².